The van der Waals surface area contributed by atoms with Crippen LogP contribution in [0.3, 0.4) is 0 Å². The van der Waals surface area contributed by atoms with Crippen molar-refractivity contribution in [2.75, 3.05) is 25.6 Å². The molecule has 6 nitrogen and oxygen atoms in total. The van der Waals surface area contributed by atoms with Crippen LogP contribution in [0.4, 0.5) is 5.13 Å². The molecule has 0 spiro atoms. The number of methoxy groups -OCH3 is 1. The van der Waals surface area contributed by atoms with Crippen molar-refractivity contribution in [3.8, 4) is 17.2 Å². The predicted octanol–water partition coefficient (Wildman–Crippen LogP) is 3.30. The highest BCUT2D eigenvalue weighted by atomic mass is 32.1. The Bertz CT molecular complexity index is 710. The number of rotatable bonds is 4. The lowest BCUT2D eigenvalue weighted by Gasteiger charge is -2.21. The molecule has 0 atom stereocenters. The zero-order chi connectivity index (χ0) is 16.4. The summed E-state index contributed by atoms with van der Waals surface area (Å²) >= 11 is 1.41. The Labute approximate surface area is 138 Å². The van der Waals surface area contributed by atoms with E-state index in [1.165, 1.54) is 18.4 Å². The smallest absolute Gasteiger partial charge is 0.257 e. The highest BCUT2D eigenvalue weighted by Crippen LogP contribution is 2.40. The fraction of sp³-hybridized carbons (Fsp3) is 0.375. The Hall–Kier alpha value is -2.28. The molecule has 0 radical (unpaired) electrons. The number of anilines is 1. The van der Waals surface area contributed by atoms with Crippen LogP contribution in [0.2, 0.25) is 0 Å². The van der Waals surface area contributed by atoms with Crippen LogP contribution in [0.1, 0.15) is 35.8 Å². The zero-order valence-corrected chi connectivity index (χ0v) is 14.0. The molecule has 1 aliphatic heterocycles. The van der Waals surface area contributed by atoms with Gasteiger partial charge >= 0.3 is 0 Å². The van der Waals surface area contributed by atoms with E-state index < -0.39 is 0 Å². The number of nitrogens with one attached hydrogen (secondary N) is 1. The molecule has 1 aromatic carbocycles. The van der Waals surface area contributed by atoms with Crippen molar-refractivity contribution < 1.29 is 19.0 Å². The van der Waals surface area contributed by atoms with Crippen molar-refractivity contribution in [2.45, 2.75) is 19.8 Å². The number of ether oxygens (including phenoxy) is 3. The van der Waals surface area contributed by atoms with Gasteiger partial charge in [0.05, 0.1) is 12.8 Å². The van der Waals surface area contributed by atoms with E-state index in [2.05, 4.69) is 24.1 Å². The summed E-state index contributed by atoms with van der Waals surface area (Å²) in [6, 6.07) is 3.29. The van der Waals surface area contributed by atoms with Crippen molar-refractivity contribution in [3.63, 3.8) is 0 Å². The molecular weight excluding hydrogens is 316 g/mol. The zero-order valence-electron chi connectivity index (χ0n) is 13.2. The summed E-state index contributed by atoms with van der Waals surface area (Å²) in [6.07, 6.45) is 0. The van der Waals surface area contributed by atoms with Crippen molar-refractivity contribution in [1.82, 2.24) is 4.98 Å². The molecule has 0 saturated carbocycles. The van der Waals surface area contributed by atoms with E-state index in [-0.39, 0.29) is 5.91 Å². The summed E-state index contributed by atoms with van der Waals surface area (Å²) < 4.78 is 16.4. The quantitative estimate of drug-likeness (QED) is 0.929. The van der Waals surface area contributed by atoms with Crippen molar-refractivity contribution in [3.05, 3.63) is 28.8 Å². The number of thiazole rings is 1. The molecule has 2 aromatic rings. The molecule has 3 rings (SSSR count). The van der Waals surface area contributed by atoms with Crippen LogP contribution in [0.5, 0.6) is 17.2 Å². The minimum Gasteiger partial charge on any atom is -0.493 e. The Morgan fingerprint density at radius 3 is 2.83 bits per heavy atom. The van der Waals surface area contributed by atoms with E-state index in [9.17, 15) is 4.79 Å². The van der Waals surface area contributed by atoms with Gasteiger partial charge in [-0.15, -0.1) is 11.3 Å². The second-order valence-electron chi connectivity index (χ2n) is 5.39. The molecule has 23 heavy (non-hydrogen) atoms. The van der Waals surface area contributed by atoms with Gasteiger partial charge < -0.3 is 14.2 Å². The standard InChI is InChI=1S/C16H18N2O4S/c1-9(2)11-8-23-16(17-11)18-15(19)10-6-12(20-3)14-13(7-10)21-4-5-22-14/h6-9H,4-5H2,1-3H3,(H,17,18,19). The lowest BCUT2D eigenvalue weighted by Crippen LogP contribution is -2.18. The number of hydrogen-bond donors (Lipinski definition) is 1. The molecule has 122 valence electrons. The number of carbonyl (C=O) groups is 1. The van der Waals surface area contributed by atoms with E-state index >= 15 is 0 Å². The number of fused-ring (bicyclic) bond motifs is 1. The van der Waals surface area contributed by atoms with Crippen LogP contribution in [0, 0.1) is 0 Å². The molecule has 0 unspecified atom stereocenters. The third kappa shape index (κ3) is 3.24. The van der Waals surface area contributed by atoms with E-state index in [1.807, 2.05) is 5.38 Å². The molecule has 0 saturated heterocycles. The second-order valence-corrected chi connectivity index (χ2v) is 6.25. The third-order valence-electron chi connectivity index (χ3n) is 3.42. The lowest BCUT2D eigenvalue weighted by atomic mass is 10.1. The second kappa shape index (κ2) is 6.45. The van der Waals surface area contributed by atoms with E-state index in [0.717, 1.165) is 5.69 Å². The maximum atomic E-state index is 12.5. The van der Waals surface area contributed by atoms with Crippen LogP contribution in [0.25, 0.3) is 0 Å². The SMILES string of the molecule is COc1cc(C(=O)Nc2nc(C(C)C)cs2)cc2c1OCCO2. The number of aromatic nitrogens is 1. The van der Waals surface area contributed by atoms with Gasteiger partial charge in [-0.3, -0.25) is 10.1 Å². The molecule has 2 heterocycles. The molecule has 1 amide bonds. The first-order valence-corrected chi connectivity index (χ1v) is 8.21. The van der Waals surface area contributed by atoms with E-state index in [1.54, 1.807) is 12.1 Å². The van der Waals surface area contributed by atoms with Gasteiger partial charge in [-0.2, -0.15) is 0 Å². The Balaban J connectivity index is 1.84. The Morgan fingerprint density at radius 1 is 1.35 bits per heavy atom. The van der Waals surface area contributed by atoms with E-state index in [0.29, 0.717) is 47.1 Å². The van der Waals surface area contributed by atoms with Crippen molar-refractivity contribution in [2.24, 2.45) is 0 Å². The van der Waals surface area contributed by atoms with Crippen molar-refractivity contribution >= 4 is 22.4 Å². The van der Waals surface area contributed by atoms with Gasteiger partial charge in [0.25, 0.3) is 5.91 Å². The molecule has 0 fully saturated rings. The van der Waals surface area contributed by atoms with Crippen molar-refractivity contribution in [1.29, 1.82) is 0 Å². The average Bonchev–Trinajstić information content (AvgIpc) is 3.02. The van der Waals surface area contributed by atoms with Crippen LogP contribution < -0.4 is 19.5 Å². The summed E-state index contributed by atoms with van der Waals surface area (Å²) in [6.45, 7) is 5.04. The highest BCUT2D eigenvalue weighted by Gasteiger charge is 2.21. The highest BCUT2D eigenvalue weighted by molar-refractivity contribution is 7.14. The topological polar surface area (TPSA) is 69.7 Å². The summed E-state index contributed by atoms with van der Waals surface area (Å²) in [5.74, 6) is 1.60. The number of nitrogens with zero attached hydrogens (tertiary/aromatic N) is 1. The van der Waals surface area contributed by atoms with Gasteiger partial charge in [-0.05, 0) is 18.1 Å². The number of amides is 1. The first-order chi connectivity index (χ1) is 11.1. The monoisotopic (exact) mass is 334 g/mol. The average molecular weight is 334 g/mol. The van der Waals surface area contributed by atoms with Crippen LogP contribution in [-0.4, -0.2) is 31.2 Å². The van der Waals surface area contributed by atoms with E-state index in [4.69, 9.17) is 14.2 Å². The molecule has 1 aromatic heterocycles. The van der Waals surface area contributed by atoms with Gasteiger partial charge in [-0.25, -0.2) is 4.98 Å². The number of benzene rings is 1. The van der Waals surface area contributed by atoms with Gasteiger partial charge in [-0.1, -0.05) is 13.8 Å². The number of hydrogen-bond acceptors (Lipinski definition) is 6. The molecule has 7 heteroatoms. The Kier molecular flexibility index (Phi) is 4.38. The minimum atomic E-state index is -0.259. The minimum absolute atomic E-state index is 0.259. The van der Waals surface area contributed by atoms with Crippen LogP contribution >= 0.6 is 11.3 Å². The summed E-state index contributed by atoms with van der Waals surface area (Å²) in [7, 11) is 1.53. The fourth-order valence-corrected chi connectivity index (χ4v) is 3.05. The molecule has 0 bridgehead atoms. The van der Waals surface area contributed by atoms with Crippen LogP contribution in [0.15, 0.2) is 17.5 Å². The normalized spacial score (nSPS) is 13.0. The third-order valence-corrected chi connectivity index (χ3v) is 4.20. The molecule has 0 aliphatic carbocycles. The van der Waals surface area contributed by atoms with Gasteiger partial charge in [0.2, 0.25) is 5.75 Å². The molecular formula is C16H18N2O4S. The number of carbonyl (C=O) groups excluding carboxylic acids is 1. The first-order valence-electron chi connectivity index (χ1n) is 7.33. The first kappa shape index (κ1) is 15.6. The lowest BCUT2D eigenvalue weighted by molar-refractivity contribution is 0.102. The maximum Gasteiger partial charge on any atom is 0.257 e. The van der Waals surface area contributed by atoms with Crippen LogP contribution in [-0.2, 0) is 0 Å². The fourth-order valence-electron chi connectivity index (χ4n) is 2.18. The predicted molar refractivity (Wildman–Crippen MR) is 88.1 cm³/mol. The summed E-state index contributed by atoms with van der Waals surface area (Å²) in [5, 5.41) is 5.33. The largest absolute Gasteiger partial charge is 0.493 e. The Morgan fingerprint density at radius 2 is 2.13 bits per heavy atom. The van der Waals surface area contributed by atoms with Gasteiger partial charge in [0.1, 0.15) is 13.2 Å². The summed E-state index contributed by atoms with van der Waals surface area (Å²) in [5.41, 5.74) is 1.40. The molecule has 1 aliphatic rings. The van der Waals surface area contributed by atoms with Gasteiger partial charge in [0, 0.05) is 10.9 Å². The summed E-state index contributed by atoms with van der Waals surface area (Å²) in [4.78, 5) is 16.9. The maximum absolute atomic E-state index is 12.5. The molecule has 1 N–H and O–H groups in total. The van der Waals surface area contributed by atoms with Gasteiger partial charge in [0.15, 0.2) is 16.6 Å².